The minimum Gasteiger partial charge on any atom is -0.477 e. The number of nitrogens with one attached hydrogen (secondary N) is 1. The Morgan fingerprint density at radius 2 is 2.05 bits per heavy atom. The van der Waals surface area contributed by atoms with Crippen molar-refractivity contribution in [1.82, 2.24) is 9.97 Å². The highest BCUT2D eigenvalue weighted by molar-refractivity contribution is 5.92. The molecule has 1 heterocycles. The van der Waals surface area contributed by atoms with E-state index in [1.807, 2.05) is 30.3 Å². The first-order valence-corrected chi connectivity index (χ1v) is 5.68. The molecule has 0 aliphatic rings. The number of benzene rings is 1. The Bertz CT molecular complexity index is 560. The van der Waals surface area contributed by atoms with Gasteiger partial charge in [-0.15, -0.1) is 0 Å². The van der Waals surface area contributed by atoms with E-state index in [2.05, 4.69) is 15.3 Å². The van der Waals surface area contributed by atoms with Crippen molar-refractivity contribution in [2.24, 2.45) is 0 Å². The molecule has 0 bridgehead atoms. The van der Waals surface area contributed by atoms with Crippen molar-refractivity contribution in [1.29, 1.82) is 0 Å². The first-order valence-electron chi connectivity index (χ1n) is 5.68. The molecule has 1 unspecified atom stereocenters. The van der Waals surface area contributed by atoms with Crippen LogP contribution in [0.3, 0.4) is 0 Å². The highest BCUT2D eigenvalue weighted by Gasteiger charge is 2.16. The van der Waals surface area contributed by atoms with Crippen LogP contribution in [0.15, 0.2) is 42.9 Å². The van der Waals surface area contributed by atoms with E-state index in [9.17, 15) is 9.90 Å². The van der Waals surface area contributed by atoms with Gasteiger partial charge in [0, 0.05) is 6.20 Å². The molecule has 1 aromatic heterocycles. The lowest BCUT2D eigenvalue weighted by Crippen LogP contribution is -2.18. The Kier molecular flexibility index (Phi) is 4.04. The number of aliphatic hydroxyl groups is 1. The number of nitrogens with zero attached hydrogens (tertiary/aromatic N) is 2. The molecule has 0 spiro atoms. The molecule has 2 rings (SSSR count). The summed E-state index contributed by atoms with van der Waals surface area (Å²) in [4.78, 5) is 18.6. The number of aromatic carboxylic acids is 1. The van der Waals surface area contributed by atoms with Gasteiger partial charge < -0.3 is 15.5 Å². The molecule has 0 aliphatic heterocycles. The van der Waals surface area contributed by atoms with Crippen LogP contribution in [0, 0.1) is 0 Å². The molecule has 1 aromatic carbocycles. The third-order valence-corrected chi connectivity index (χ3v) is 2.64. The molecule has 0 fully saturated rings. The van der Waals surface area contributed by atoms with Gasteiger partial charge in [-0.3, -0.25) is 0 Å². The average Bonchev–Trinajstić information content (AvgIpc) is 2.46. The predicted molar refractivity (Wildman–Crippen MR) is 68.9 cm³/mol. The van der Waals surface area contributed by atoms with Crippen LogP contribution in [0.4, 0.5) is 5.82 Å². The number of carboxylic acid groups (broad SMARTS) is 1. The second-order valence-electron chi connectivity index (χ2n) is 3.88. The molecular weight excluding hydrogens is 246 g/mol. The number of anilines is 1. The van der Waals surface area contributed by atoms with Crippen LogP contribution in [0.2, 0.25) is 0 Å². The maximum Gasteiger partial charge on any atom is 0.341 e. The van der Waals surface area contributed by atoms with Gasteiger partial charge in [-0.05, 0) is 5.56 Å². The van der Waals surface area contributed by atoms with Crippen LogP contribution in [0.1, 0.15) is 22.0 Å². The average molecular weight is 259 g/mol. The zero-order chi connectivity index (χ0) is 13.7. The van der Waals surface area contributed by atoms with E-state index in [-0.39, 0.29) is 18.0 Å². The fraction of sp³-hybridized carbons (Fsp3) is 0.154. The van der Waals surface area contributed by atoms with E-state index in [0.717, 1.165) is 5.56 Å². The summed E-state index contributed by atoms with van der Waals surface area (Å²) in [6.45, 7) is -0.174. The van der Waals surface area contributed by atoms with Gasteiger partial charge >= 0.3 is 5.97 Å². The van der Waals surface area contributed by atoms with Crippen LogP contribution in [0.5, 0.6) is 0 Å². The van der Waals surface area contributed by atoms with Crippen LogP contribution < -0.4 is 5.32 Å². The van der Waals surface area contributed by atoms with Gasteiger partial charge in [-0.1, -0.05) is 30.3 Å². The topological polar surface area (TPSA) is 95.3 Å². The SMILES string of the molecule is O=C(O)c1cncnc1NC(CO)c1ccccc1. The molecular formula is C13H13N3O3. The van der Waals surface area contributed by atoms with Crippen molar-refractivity contribution in [2.45, 2.75) is 6.04 Å². The predicted octanol–water partition coefficient (Wildman–Crippen LogP) is 1.32. The molecule has 0 saturated carbocycles. The van der Waals surface area contributed by atoms with Gasteiger partial charge in [0.15, 0.2) is 0 Å². The molecule has 0 amide bonds. The zero-order valence-corrected chi connectivity index (χ0v) is 10.0. The fourth-order valence-corrected chi connectivity index (χ4v) is 1.69. The van der Waals surface area contributed by atoms with Gasteiger partial charge in [0.25, 0.3) is 0 Å². The zero-order valence-electron chi connectivity index (χ0n) is 10.0. The van der Waals surface area contributed by atoms with E-state index < -0.39 is 12.0 Å². The van der Waals surface area contributed by atoms with Crippen molar-refractivity contribution in [3.8, 4) is 0 Å². The summed E-state index contributed by atoms with van der Waals surface area (Å²) in [6.07, 6.45) is 2.48. The number of aliphatic hydroxyl groups excluding tert-OH is 1. The number of hydrogen-bond donors (Lipinski definition) is 3. The van der Waals surface area contributed by atoms with Crippen molar-refractivity contribution in [3.63, 3.8) is 0 Å². The number of hydrogen-bond acceptors (Lipinski definition) is 5. The quantitative estimate of drug-likeness (QED) is 0.749. The third-order valence-electron chi connectivity index (χ3n) is 2.64. The lowest BCUT2D eigenvalue weighted by atomic mass is 10.1. The van der Waals surface area contributed by atoms with Crippen LogP contribution >= 0.6 is 0 Å². The second kappa shape index (κ2) is 5.92. The Hall–Kier alpha value is -2.47. The Labute approximate surface area is 109 Å². The lowest BCUT2D eigenvalue weighted by Gasteiger charge is -2.18. The van der Waals surface area contributed by atoms with Crippen LogP contribution in [-0.4, -0.2) is 32.8 Å². The van der Waals surface area contributed by atoms with Gasteiger partial charge in [0.05, 0.1) is 12.6 Å². The molecule has 3 N–H and O–H groups in total. The maximum absolute atomic E-state index is 11.0. The third kappa shape index (κ3) is 3.05. The summed E-state index contributed by atoms with van der Waals surface area (Å²) >= 11 is 0. The van der Waals surface area contributed by atoms with Crippen molar-refractivity contribution >= 4 is 11.8 Å². The maximum atomic E-state index is 11.0. The van der Waals surface area contributed by atoms with E-state index in [4.69, 9.17) is 5.11 Å². The van der Waals surface area contributed by atoms with Gasteiger partial charge in [0.1, 0.15) is 17.7 Å². The first kappa shape index (κ1) is 13.0. The molecule has 98 valence electrons. The van der Waals surface area contributed by atoms with E-state index in [0.29, 0.717) is 0 Å². The van der Waals surface area contributed by atoms with Crippen molar-refractivity contribution in [2.75, 3.05) is 11.9 Å². The summed E-state index contributed by atoms with van der Waals surface area (Å²) in [5.41, 5.74) is 0.817. The second-order valence-corrected chi connectivity index (χ2v) is 3.88. The smallest absolute Gasteiger partial charge is 0.341 e. The van der Waals surface area contributed by atoms with Gasteiger partial charge in [-0.25, -0.2) is 14.8 Å². The molecule has 2 aromatic rings. The summed E-state index contributed by atoms with van der Waals surface area (Å²) in [7, 11) is 0. The number of rotatable bonds is 5. The minimum atomic E-state index is -1.12. The Morgan fingerprint density at radius 3 is 2.68 bits per heavy atom. The highest BCUT2D eigenvalue weighted by atomic mass is 16.4. The van der Waals surface area contributed by atoms with E-state index >= 15 is 0 Å². The van der Waals surface area contributed by atoms with Crippen molar-refractivity contribution in [3.05, 3.63) is 54.0 Å². The molecule has 0 saturated heterocycles. The standard InChI is InChI=1S/C13H13N3O3/c17-7-11(9-4-2-1-3-5-9)16-12-10(13(18)19)6-14-8-15-12/h1-6,8,11,17H,7H2,(H,18,19)(H,14,15,16). The summed E-state index contributed by atoms with van der Waals surface area (Å²) in [6, 6.07) is 8.82. The Morgan fingerprint density at radius 1 is 1.32 bits per heavy atom. The minimum absolute atomic E-state index is 0.0307. The highest BCUT2D eigenvalue weighted by Crippen LogP contribution is 2.19. The Balaban J connectivity index is 2.27. The number of carbonyl (C=O) groups is 1. The number of aromatic nitrogens is 2. The molecule has 6 nitrogen and oxygen atoms in total. The lowest BCUT2D eigenvalue weighted by molar-refractivity contribution is 0.0697. The van der Waals surface area contributed by atoms with Crippen molar-refractivity contribution < 1.29 is 15.0 Å². The molecule has 19 heavy (non-hydrogen) atoms. The molecule has 0 aliphatic carbocycles. The van der Waals surface area contributed by atoms with Gasteiger partial charge in [0.2, 0.25) is 0 Å². The summed E-state index contributed by atoms with van der Waals surface area (Å²) < 4.78 is 0. The van der Waals surface area contributed by atoms with Crippen LogP contribution in [0.25, 0.3) is 0 Å². The summed E-state index contributed by atoms with van der Waals surface area (Å²) in [5, 5.41) is 21.4. The largest absolute Gasteiger partial charge is 0.477 e. The van der Waals surface area contributed by atoms with Gasteiger partial charge in [-0.2, -0.15) is 0 Å². The molecule has 1 atom stereocenters. The fourth-order valence-electron chi connectivity index (χ4n) is 1.69. The number of carboxylic acids is 1. The van der Waals surface area contributed by atoms with E-state index in [1.54, 1.807) is 0 Å². The monoisotopic (exact) mass is 259 g/mol. The van der Waals surface area contributed by atoms with E-state index in [1.165, 1.54) is 12.5 Å². The van der Waals surface area contributed by atoms with Crippen LogP contribution in [-0.2, 0) is 0 Å². The first-order chi connectivity index (χ1) is 9.22. The molecule has 6 heteroatoms. The molecule has 0 radical (unpaired) electrons. The normalized spacial score (nSPS) is 11.8. The summed E-state index contributed by atoms with van der Waals surface area (Å²) in [5.74, 6) is -0.932.